The summed E-state index contributed by atoms with van der Waals surface area (Å²) in [6, 6.07) is 2.21. The van der Waals surface area contributed by atoms with Gasteiger partial charge in [-0.3, -0.25) is 9.59 Å². The van der Waals surface area contributed by atoms with E-state index in [0.29, 0.717) is 0 Å². The van der Waals surface area contributed by atoms with E-state index in [9.17, 15) is 29.4 Å². The predicted octanol–water partition coefficient (Wildman–Crippen LogP) is -0.875. The van der Waals surface area contributed by atoms with Crippen LogP contribution in [-0.2, 0) is 26.7 Å². The zero-order valence-electron chi connectivity index (χ0n) is 17.4. The Kier molecular flexibility index (Phi) is 9.11. The van der Waals surface area contributed by atoms with Gasteiger partial charge in [0.05, 0.1) is 22.6 Å². The van der Waals surface area contributed by atoms with Crippen molar-refractivity contribution in [3.05, 3.63) is 55.6 Å². The van der Waals surface area contributed by atoms with Crippen LogP contribution in [0.1, 0.15) is 42.9 Å². The number of rotatable bonds is 6. The second-order valence-corrected chi connectivity index (χ2v) is 6.41. The van der Waals surface area contributed by atoms with E-state index in [4.69, 9.17) is 8.83 Å². The molecule has 13 heteroatoms. The molecule has 32 heavy (non-hydrogen) atoms. The van der Waals surface area contributed by atoms with E-state index in [2.05, 4.69) is 10.2 Å². The molecule has 0 aliphatic carbocycles. The second kappa shape index (κ2) is 11.1. The van der Waals surface area contributed by atoms with Crippen LogP contribution in [0.4, 0.5) is 0 Å². The minimum Gasteiger partial charge on any atom is -0.872 e. The molecule has 0 bridgehead atoms. The first kappa shape index (κ1) is 26.3. The average molecular weight is 485 g/mol. The van der Waals surface area contributed by atoms with E-state index in [-0.39, 0.29) is 51.1 Å². The van der Waals surface area contributed by atoms with Gasteiger partial charge in [-0.15, -0.1) is 0 Å². The normalized spacial score (nSPS) is 11.5. The van der Waals surface area contributed by atoms with Gasteiger partial charge < -0.3 is 19.0 Å². The maximum absolute atomic E-state index is 11.9. The summed E-state index contributed by atoms with van der Waals surface area (Å²) in [5.74, 6) is -2.71. The molecule has 2 aromatic rings. The van der Waals surface area contributed by atoms with Gasteiger partial charge >= 0.3 is 28.3 Å². The zero-order valence-corrected chi connectivity index (χ0v) is 18.6. The molecule has 0 unspecified atom stereocenters. The summed E-state index contributed by atoms with van der Waals surface area (Å²) in [6.45, 7) is 5.50. The molecular weight excluding hydrogens is 467 g/mol. The number of aryl methyl sites for hydroxylation is 2. The van der Waals surface area contributed by atoms with Crippen LogP contribution in [0, 0.1) is 13.8 Å². The molecule has 12 nitrogen and oxygen atoms in total. The van der Waals surface area contributed by atoms with E-state index in [1.807, 2.05) is 10.9 Å². The van der Waals surface area contributed by atoms with Gasteiger partial charge in [-0.25, -0.2) is 20.4 Å². The van der Waals surface area contributed by atoms with Crippen molar-refractivity contribution in [3.8, 4) is 11.5 Å². The molecule has 2 N–H and O–H groups in total. The maximum Gasteiger partial charge on any atom is 2.00 e. The van der Waals surface area contributed by atoms with E-state index in [0.717, 1.165) is 12.1 Å². The molecule has 0 saturated carbocycles. The van der Waals surface area contributed by atoms with Gasteiger partial charge in [0.15, 0.2) is 0 Å². The van der Waals surface area contributed by atoms with Crippen molar-refractivity contribution < 1.29 is 45.7 Å². The van der Waals surface area contributed by atoms with Crippen LogP contribution in [0.3, 0.4) is 0 Å². The predicted molar refractivity (Wildman–Crippen MR) is 104 cm³/mol. The molecule has 2 heterocycles. The summed E-state index contributed by atoms with van der Waals surface area (Å²) in [7, 11) is 0. The maximum atomic E-state index is 11.9. The largest absolute Gasteiger partial charge is 2.00 e. The third kappa shape index (κ3) is 6.65. The van der Waals surface area contributed by atoms with Gasteiger partial charge in [0, 0.05) is 0 Å². The third-order valence-electron chi connectivity index (χ3n) is 3.82. The number of hydrogen-bond acceptors (Lipinski definition) is 10. The number of nitrogens with zero attached hydrogens (tertiary/aromatic N) is 2. The van der Waals surface area contributed by atoms with Gasteiger partial charge in [-0.1, -0.05) is 11.5 Å². The average Bonchev–Trinajstić information content (AvgIpc) is 2.63. The zero-order chi connectivity index (χ0) is 23.3. The minimum atomic E-state index is -0.902. The molecule has 0 saturated heterocycles. The Bertz CT molecular complexity index is 1120. The van der Waals surface area contributed by atoms with E-state index < -0.39 is 41.0 Å². The number of carbonyl (C=O) groups is 2. The monoisotopic (exact) mass is 485 g/mol. The van der Waals surface area contributed by atoms with Crippen molar-refractivity contribution in [3.63, 3.8) is 0 Å². The Labute approximate surface area is 191 Å². The molecule has 0 atom stereocenters. The van der Waals surface area contributed by atoms with Gasteiger partial charge in [-0.2, -0.15) is 10.2 Å². The SMILES string of the molecule is C/C(=N/NC(=O)CC(=O)N/N=C(\C)c1c([O-])cc(C)oc1=O)c1c([O-])cc(C)oc1=O.[Mn+2]. The molecule has 0 aromatic carbocycles. The van der Waals surface area contributed by atoms with Crippen molar-refractivity contribution >= 4 is 23.2 Å². The summed E-state index contributed by atoms with van der Waals surface area (Å²) in [4.78, 5) is 47.2. The summed E-state index contributed by atoms with van der Waals surface area (Å²) >= 11 is 0. The molecule has 169 valence electrons. The van der Waals surface area contributed by atoms with Crippen LogP contribution >= 0.6 is 0 Å². The number of amides is 2. The van der Waals surface area contributed by atoms with Crippen molar-refractivity contribution in [2.45, 2.75) is 34.1 Å². The number of nitrogens with one attached hydrogen (secondary N) is 2. The van der Waals surface area contributed by atoms with Gasteiger partial charge in [0.25, 0.3) is 0 Å². The summed E-state index contributed by atoms with van der Waals surface area (Å²) < 4.78 is 9.63. The number of carbonyl (C=O) groups excluding carboxylic acids is 2. The molecule has 2 amide bonds. The van der Waals surface area contributed by atoms with Gasteiger partial charge in [0.1, 0.15) is 17.9 Å². The number of hydrogen-bond donors (Lipinski definition) is 2. The Morgan fingerprint density at radius 3 is 1.50 bits per heavy atom. The minimum absolute atomic E-state index is 0. The van der Waals surface area contributed by atoms with Crippen molar-refractivity contribution in [2.24, 2.45) is 10.2 Å². The van der Waals surface area contributed by atoms with Crippen molar-refractivity contribution in [1.29, 1.82) is 0 Å². The molecule has 0 aliphatic rings. The number of hydrazone groups is 2. The fourth-order valence-electron chi connectivity index (χ4n) is 2.45. The van der Waals surface area contributed by atoms with E-state index >= 15 is 0 Å². The van der Waals surface area contributed by atoms with Gasteiger partial charge in [-0.05, 0) is 39.8 Å². The Balaban J connectivity index is 0.00000512. The first-order valence-electron chi connectivity index (χ1n) is 8.80. The standard InChI is InChI=1S/C19H20N4O8.Mn/c1-8-5-12(24)16(18(28)30-8)10(3)20-22-14(26)7-15(27)23-21-11(4)17-13(25)6-9(2)31-19(17)29;/h5-6,24-25H,7H2,1-4H3,(H,22,26)(H,23,27);/q;+2/p-2/b20-10-,21-11+;. The fourth-order valence-corrected chi connectivity index (χ4v) is 2.45. The molecule has 2 rings (SSSR count). The molecule has 0 spiro atoms. The topological polar surface area (TPSA) is 189 Å². The molecular formula is C19H18MnN4O8. The smallest absolute Gasteiger partial charge is 0.872 e. The van der Waals surface area contributed by atoms with Gasteiger partial charge in [0.2, 0.25) is 11.8 Å². The van der Waals surface area contributed by atoms with E-state index in [1.54, 1.807) is 0 Å². The second-order valence-electron chi connectivity index (χ2n) is 6.41. The van der Waals surface area contributed by atoms with E-state index in [1.165, 1.54) is 27.7 Å². The van der Waals surface area contributed by atoms with Crippen LogP contribution in [0.25, 0.3) is 0 Å². The summed E-state index contributed by atoms with van der Waals surface area (Å²) in [6.07, 6.45) is -0.715. The van der Waals surface area contributed by atoms with Crippen molar-refractivity contribution in [2.75, 3.05) is 0 Å². The van der Waals surface area contributed by atoms with Crippen LogP contribution in [0.15, 0.2) is 40.8 Å². The first-order valence-corrected chi connectivity index (χ1v) is 8.80. The van der Waals surface area contributed by atoms with Crippen LogP contribution in [0.2, 0.25) is 0 Å². The third-order valence-corrected chi connectivity index (χ3v) is 3.82. The Morgan fingerprint density at radius 1 is 0.844 bits per heavy atom. The molecule has 1 radical (unpaired) electrons. The Morgan fingerprint density at radius 2 is 1.19 bits per heavy atom. The van der Waals surface area contributed by atoms with Crippen LogP contribution in [-0.4, -0.2) is 23.2 Å². The van der Waals surface area contributed by atoms with Crippen LogP contribution < -0.4 is 32.3 Å². The summed E-state index contributed by atoms with van der Waals surface area (Å²) in [5, 5.41) is 31.0. The Hall–Kier alpha value is -3.70. The summed E-state index contributed by atoms with van der Waals surface area (Å²) in [5.41, 5.74) is 1.36. The quantitative estimate of drug-likeness (QED) is 0.228. The molecule has 0 aliphatic heterocycles. The fraction of sp³-hybridized carbons (Fsp3) is 0.263. The first-order chi connectivity index (χ1) is 14.5. The molecule has 2 aromatic heterocycles. The van der Waals surface area contributed by atoms with Crippen molar-refractivity contribution in [1.82, 2.24) is 10.9 Å². The molecule has 0 fully saturated rings. The van der Waals surface area contributed by atoms with Crippen LogP contribution in [0.5, 0.6) is 11.5 Å².